The number of aliphatic hydroxyl groups is 1. The van der Waals surface area contributed by atoms with Gasteiger partial charge in [-0.15, -0.1) is 0 Å². The van der Waals surface area contributed by atoms with Crippen LogP contribution in [-0.2, 0) is 6.54 Å². The number of rotatable bonds is 4. The van der Waals surface area contributed by atoms with Gasteiger partial charge in [0.05, 0.1) is 12.3 Å². The van der Waals surface area contributed by atoms with E-state index in [4.69, 9.17) is 0 Å². The normalized spacial score (nSPS) is 13.6. The van der Waals surface area contributed by atoms with Crippen LogP contribution in [0.4, 0.5) is 8.78 Å². The number of halogens is 2. The molecule has 1 N–H and O–H groups in total. The molecule has 0 radical (unpaired) electrons. The Morgan fingerprint density at radius 3 is 2.85 bits per heavy atom. The molecular formula is C8H12F2N2O. The maximum absolute atomic E-state index is 11.9. The maximum atomic E-state index is 11.9. The monoisotopic (exact) mass is 190 g/mol. The van der Waals surface area contributed by atoms with Crippen molar-refractivity contribution >= 4 is 0 Å². The fourth-order valence-electron chi connectivity index (χ4n) is 1.03. The Labute approximate surface area is 75.0 Å². The second-order valence-corrected chi connectivity index (χ2v) is 2.81. The second-order valence-electron chi connectivity index (χ2n) is 2.81. The minimum atomic E-state index is -2.41. The van der Waals surface area contributed by atoms with Crippen LogP contribution >= 0.6 is 0 Å². The van der Waals surface area contributed by atoms with Gasteiger partial charge in [0, 0.05) is 11.8 Å². The summed E-state index contributed by atoms with van der Waals surface area (Å²) in [6.07, 6.45) is 0.398. The van der Waals surface area contributed by atoms with Crippen LogP contribution in [0, 0.1) is 0 Å². The van der Waals surface area contributed by atoms with E-state index in [-0.39, 0.29) is 0 Å². The third-order valence-electron chi connectivity index (χ3n) is 1.75. The number of hydrogen-bond donors (Lipinski definition) is 1. The van der Waals surface area contributed by atoms with Gasteiger partial charge in [-0.1, -0.05) is 6.92 Å². The van der Waals surface area contributed by atoms with Crippen molar-refractivity contribution in [2.75, 3.05) is 0 Å². The smallest absolute Gasteiger partial charge is 0.257 e. The highest BCUT2D eigenvalue weighted by atomic mass is 19.3. The van der Waals surface area contributed by atoms with Crippen LogP contribution in [0.2, 0.25) is 0 Å². The van der Waals surface area contributed by atoms with Crippen molar-refractivity contribution in [1.82, 2.24) is 9.78 Å². The van der Waals surface area contributed by atoms with Gasteiger partial charge in [0.1, 0.15) is 6.54 Å². The van der Waals surface area contributed by atoms with Gasteiger partial charge in [-0.25, -0.2) is 8.78 Å². The molecule has 3 nitrogen and oxygen atoms in total. The summed E-state index contributed by atoms with van der Waals surface area (Å²) in [5, 5.41) is 13.0. The Bertz CT molecular complexity index is 262. The largest absolute Gasteiger partial charge is 0.388 e. The molecule has 5 heteroatoms. The molecule has 13 heavy (non-hydrogen) atoms. The van der Waals surface area contributed by atoms with Crippen LogP contribution in [0.3, 0.4) is 0 Å². The molecule has 0 saturated carbocycles. The van der Waals surface area contributed by atoms with Gasteiger partial charge in [-0.3, -0.25) is 4.68 Å². The number of nitrogens with zero attached hydrogens (tertiary/aromatic N) is 2. The fourth-order valence-corrected chi connectivity index (χ4v) is 1.03. The van der Waals surface area contributed by atoms with Crippen LogP contribution in [-0.4, -0.2) is 21.3 Å². The first kappa shape index (κ1) is 10.1. The highest BCUT2D eigenvalue weighted by Gasteiger charge is 2.09. The zero-order valence-corrected chi connectivity index (χ0v) is 7.32. The molecule has 74 valence electrons. The van der Waals surface area contributed by atoms with Crippen LogP contribution in [0.15, 0.2) is 12.4 Å². The number of alkyl halides is 2. The summed E-state index contributed by atoms with van der Waals surface area (Å²) in [7, 11) is 0. The highest BCUT2D eigenvalue weighted by molar-refractivity contribution is 5.07. The predicted octanol–water partition coefficient (Wildman–Crippen LogP) is 1.59. The zero-order chi connectivity index (χ0) is 9.84. The van der Waals surface area contributed by atoms with Crippen molar-refractivity contribution < 1.29 is 13.9 Å². The SMILES string of the molecule is CCC(O)c1cnn(CC(F)F)c1. The molecule has 0 fully saturated rings. The summed E-state index contributed by atoms with van der Waals surface area (Å²) in [5.41, 5.74) is 0.586. The van der Waals surface area contributed by atoms with Gasteiger partial charge in [0.15, 0.2) is 0 Å². The molecule has 1 unspecified atom stereocenters. The first-order valence-corrected chi connectivity index (χ1v) is 4.12. The van der Waals surface area contributed by atoms with Crippen molar-refractivity contribution in [1.29, 1.82) is 0 Å². The van der Waals surface area contributed by atoms with Crippen LogP contribution in [0.5, 0.6) is 0 Å². The van der Waals surface area contributed by atoms with E-state index in [9.17, 15) is 13.9 Å². The quantitative estimate of drug-likeness (QED) is 0.782. The lowest BCUT2D eigenvalue weighted by Gasteiger charge is -2.02. The maximum Gasteiger partial charge on any atom is 0.257 e. The Hall–Kier alpha value is -0.970. The van der Waals surface area contributed by atoms with Crippen molar-refractivity contribution in [3.8, 4) is 0 Å². The number of hydrogen-bond acceptors (Lipinski definition) is 2. The lowest BCUT2D eigenvalue weighted by atomic mass is 10.2. The molecule has 0 spiro atoms. The molecule has 1 aromatic heterocycles. The predicted molar refractivity (Wildman–Crippen MR) is 43.5 cm³/mol. The highest BCUT2D eigenvalue weighted by Crippen LogP contribution is 2.14. The van der Waals surface area contributed by atoms with Crippen molar-refractivity contribution in [2.24, 2.45) is 0 Å². The molecule has 1 heterocycles. The van der Waals surface area contributed by atoms with E-state index < -0.39 is 19.1 Å². The first-order chi connectivity index (χ1) is 6.13. The molecule has 1 rings (SSSR count). The average molecular weight is 190 g/mol. The molecule has 0 aliphatic heterocycles. The first-order valence-electron chi connectivity index (χ1n) is 4.12. The van der Waals surface area contributed by atoms with Gasteiger partial charge in [0.2, 0.25) is 0 Å². The molecule has 0 saturated heterocycles. The molecule has 0 amide bonds. The van der Waals surface area contributed by atoms with Crippen LogP contribution < -0.4 is 0 Å². The van der Waals surface area contributed by atoms with E-state index in [1.165, 1.54) is 12.4 Å². The van der Waals surface area contributed by atoms with Crippen molar-refractivity contribution in [3.63, 3.8) is 0 Å². The Kier molecular flexibility index (Phi) is 3.36. The lowest BCUT2D eigenvalue weighted by molar-refractivity contribution is 0.121. The molecule has 1 aromatic rings. The third-order valence-corrected chi connectivity index (χ3v) is 1.75. The molecular weight excluding hydrogens is 178 g/mol. The summed E-state index contributed by atoms with van der Waals surface area (Å²) in [6, 6.07) is 0. The molecule has 1 atom stereocenters. The molecule has 0 aliphatic carbocycles. The standard InChI is InChI=1S/C8H12F2N2O/c1-2-7(13)6-3-11-12(4-6)5-8(9)10/h3-4,7-8,13H,2,5H2,1H3. The Balaban J connectivity index is 2.63. The topological polar surface area (TPSA) is 38.1 Å². The minimum Gasteiger partial charge on any atom is -0.388 e. The van der Waals surface area contributed by atoms with E-state index in [0.29, 0.717) is 12.0 Å². The minimum absolute atomic E-state index is 0.420. The van der Waals surface area contributed by atoms with Crippen molar-refractivity contribution in [3.05, 3.63) is 18.0 Å². The van der Waals surface area contributed by atoms with Gasteiger partial charge in [0.25, 0.3) is 6.43 Å². The van der Waals surface area contributed by atoms with Crippen LogP contribution in [0.1, 0.15) is 25.0 Å². The van der Waals surface area contributed by atoms with E-state index in [1.807, 2.05) is 6.92 Å². The summed E-state index contributed by atoms with van der Waals surface area (Å²) in [6.45, 7) is 1.39. The zero-order valence-electron chi connectivity index (χ0n) is 7.32. The lowest BCUT2D eigenvalue weighted by Crippen LogP contribution is -2.06. The third kappa shape index (κ3) is 2.77. The fraction of sp³-hybridized carbons (Fsp3) is 0.625. The number of aliphatic hydroxyl groups excluding tert-OH is 1. The van der Waals surface area contributed by atoms with Gasteiger partial charge < -0.3 is 5.11 Å². The molecule has 0 aromatic carbocycles. The van der Waals surface area contributed by atoms with Crippen LogP contribution in [0.25, 0.3) is 0 Å². The van der Waals surface area contributed by atoms with Gasteiger partial charge in [-0.2, -0.15) is 5.10 Å². The van der Waals surface area contributed by atoms with E-state index in [1.54, 1.807) is 0 Å². The molecule has 0 aliphatic rings. The van der Waals surface area contributed by atoms with E-state index in [2.05, 4.69) is 5.10 Å². The second kappa shape index (κ2) is 4.32. The molecule has 0 bridgehead atoms. The summed E-state index contributed by atoms with van der Waals surface area (Å²) >= 11 is 0. The van der Waals surface area contributed by atoms with E-state index >= 15 is 0 Å². The van der Waals surface area contributed by atoms with E-state index in [0.717, 1.165) is 4.68 Å². The Morgan fingerprint density at radius 1 is 1.62 bits per heavy atom. The summed E-state index contributed by atoms with van der Waals surface area (Å²) in [5.74, 6) is 0. The number of aromatic nitrogens is 2. The van der Waals surface area contributed by atoms with Crippen molar-refractivity contribution in [2.45, 2.75) is 32.4 Å². The average Bonchev–Trinajstić information content (AvgIpc) is 2.50. The Morgan fingerprint density at radius 2 is 2.31 bits per heavy atom. The summed E-state index contributed by atoms with van der Waals surface area (Å²) < 4.78 is 24.9. The van der Waals surface area contributed by atoms with Gasteiger partial charge in [-0.05, 0) is 6.42 Å². The summed E-state index contributed by atoms with van der Waals surface area (Å²) in [4.78, 5) is 0. The van der Waals surface area contributed by atoms with Gasteiger partial charge >= 0.3 is 0 Å².